The van der Waals surface area contributed by atoms with Crippen molar-refractivity contribution in [3.63, 3.8) is 0 Å². The minimum Gasteiger partial charge on any atom is -0.488 e. The van der Waals surface area contributed by atoms with Crippen LogP contribution in [0.25, 0.3) is 6.08 Å². The molecular formula is C30H20BrClF3N3O6S. The first-order valence-corrected chi connectivity index (χ1v) is 15.1. The van der Waals surface area contributed by atoms with E-state index in [0.29, 0.717) is 26.4 Å². The second kappa shape index (κ2) is 13.0. The molecule has 0 radical (unpaired) electrons. The standard InChI is InChI=1S/C30H20BrClF3N3O6S/c1-2-43-28(40)24-25(18-6-8-19(32)9-7-18)37-27(39)23(45-29(37)36-26(24)30(33,34)35)14-17-5-12-22(21(31)13-17)44-15-16-3-10-20(11-4-16)38(41)42/h3-14,25H,2,15H2,1H3/b23-14-/t25-/m1/s1. The lowest BCUT2D eigenvalue weighted by Crippen LogP contribution is -2.41. The fourth-order valence-corrected chi connectivity index (χ4v) is 6.19. The highest BCUT2D eigenvalue weighted by molar-refractivity contribution is 9.10. The van der Waals surface area contributed by atoms with Gasteiger partial charge in [-0.2, -0.15) is 13.2 Å². The second-order valence-corrected chi connectivity index (χ2v) is 11.8. The number of non-ortho nitro benzene ring substituents is 1. The molecule has 0 fully saturated rings. The lowest BCUT2D eigenvalue weighted by atomic mass is 9.95. The SMILES string of the molecule is CCOC(=O)C1=C(C(F)(F)F)N=c2s/c(=C\c3ccc(OCc4ccc([N+](=O)[O-])cc4)c(Br)c3)c(=O)n2[C@@H]1c1ccc(Cl)cc1. The number of aromatic nitrogens is 1. The largest absolute Gasteiger partial charge is 0.488 e. The van der Waals surface area contributed by atoms with E-state index in [2.05, 4.69) is 20.9 Å². The van der Waals surface area contributed by atoms with Crippen LogP contribution in [0.5, 0.6) is 5.75 Å². The fourth-order valence-electron chi connectivity index (χ4n) is 4.55. The number of fused-ring (bicyclic) bond motifs is 1. The van der Waals surface area contributed by atoms with E-state index in [9.17, 15) is 32.9 Å². The molecule has 9 nitrogen and oxygen atoms in total. The maximum Gasteiger partial charge on any atom is 0.434 e. The number of benzene rings is 3. The molecule has 0 saturated heterocycles. The number of nitro benzene ring substituents is 1. The molecule has 0 unspecified atom stereocenters. The summed E-state index contributed by atoms with van der Waals surface area (Å²) in [5.74, 6) is -0.792. The van der Waals surface area contributed by atoms with Crippen LogP contribution >= 0.6 is 38.9 Å². The summed E-state index contributed by atoms with van der Waals surface area (Å²) in [4.78, 5) is 40.6. The Labute approximate surface area is 269 Å². The number of hydrogen-bond acceptors (Lipinski definition) is 8. The van der Waals surface area contributed by atoms with Crippen LogP contribution in [-0.2, 0) is 16.1 Å². The minimum atomic E-state index is -5.02. The van der Waals surface area contributed by atoms with Gasteiger partial charge in [-0.15, -0.1) is 0 Å². The molecule has 0 bridgehead atoms. The molecule has 4 aromatic rings. The van der Waals surface area contributed by atoms with Gasteiger partial charge in [-0.05, 0) is 82.0 Å². The topological polar surface area (TPSA) is 113 Å². The van der Waals surface area contributed by atoms with Crippen molar-refractivity contribution < 1.29 is 32.4 Å². The first-order chi connectivity index (χ1) is 21.4. The van der Waals surface area contributed by atoms with Crippen LogP contribution in [0.2, 0.25) is 5.02 Å². The van der Waals surface area contributed by atoms with E-state index < -0.39 is 39.9 Å². The van der Waals surface area contributed by atoms with Crippen LogP contribution < -0.4 is 19.6 Å². The van der Waals surface area contributed by atoms with Gasteiger partial charge < -0.3 is 9.47 Å². The van der Waals surface area contributed by atoms with Crippen LogP contribution in [0.15, 0.2) is 92.3 Å². The van der Waals surface area contributed by atoms with Gasteiger partial charge in [-0.3, -0.25) is 19.5 Å². The smallest absolute Gasteiger partial charge is 0.434 e. The number of esters is 1. The zero-order chi connectivity index (χ0) is 32.5. The Balaban J connectivity index is 1.54. The van der Waals surface area contributed by atoms with Crippen molar-refractivity contribution in [1.82, 2.24) is 4.57 Å². The molecule has 2 heterocycles. The minimum absolute atomic E-state index is 0.0409. The zero-order valence-corrected chi connectivity index (χ0v) is 26.2. The third kappa shape index (κ3) is 6.87. The maximum absolute atomic E-state index is 14.3. The van der Waals surface area contributed by atoms with Gasteiger partial charge in [0.05, 0.1) is 32.2 Å². The van der Waals surface area contributed by atoms with Crippen LogP contribution in [0, 0.1) is 10.1 Å². The van der Waals surface area contributed by atoms with Gasteiger partial charge in [0.1, 0.15) is 12.4 Å². The molecule has 232 valence electrons. The third-order valence-electron chi connectivity index (χ3n) is 6.58. The van der Waals surface area contributed by atoms with Gasteiger partial charge in [0.15, 0.2) is 10.5 Å². The summed E-state index contributed by atoms with van der Waals surface area (Å²) in [5, 5.41) is 11.2. The highest BCUT2D eigenvalue weighted by Crippen LogP contribution is 2.38. The van der Waals surface area contributed by atoms with E-state index in [-0.39, 0.29) is 33.8 Å². The van der Waals surface area contributed by atoms with Crippen LogP contribution in [0.1, 0.15) is 29.7 Å². The molecule has 0 N–H and O–H groups in total. The summed E-state index contributed by atoms with van der Waals surface area (Å²) >= 11 is 10.2. The predicted octanol–water partition coefficient (Wildman–Crippen LogP) is 6.24. The molecule has 0 amide bonds. The molecule has 15 heteroatoms. The van der Waals surface area contributed by atoms with Crippen LogP contribution in [-0.4, -0.2) is 28.2 Å². The van der Waals surface area contributed by atoms with Gasteiger partial charge in [-0.1, -0.05) is 41.1 Å². The molecule has 45 heavy (non-hydrogen) atoms. The van der Waals surface area contributed by atoms with Gasteiger partial charge in [-0.25, -0.2) is 9.79 Å². The summed E-state index contributed by atoms with van der Waals surface area (Å²) in [6.45, 7) is 1.40. The average Bonchev–Trinajstić information content (AvgIpc) is 3.30. The summed E-state index contributed by atoms with van der Waals surface area (Å²) in [6.07, 6.45) is -3.52. The number of nitrogens with zero attached hydrogens (tertiary/aromatic N) is 3. The Morgan fingerprint density at radius 1 is 1.16 bits per heavy atom. The van der Waals surface area contributed by atoms with Crippen molar-refractivity contribution in [2.75, 3.05) is 6.61 Å². The molecule has 3 aromatic carbocycles. The molecule has 1 aliphatic rings. The number of carbonyl (C=O) groups excluding carboxylic acids is 1. The van der Waals surface area contributed by atoms with Crippen LogP contribution in [0.4, 0.5) is 18.9 Å². The van der Waals surface area contributed by atoms with E-state index in [1.54, 1.807) is 30.3 Å². The van der Waals surface area contributed by atoms with E-state index in [1.165, 1.54) is 49.4 Å². The van der Waals surface area contributed by atoms with Gasteiger partial charge in [0, 0.05) is 17.2 Å². The van der Waals surface area contributed by atoms with Crippen molar-refractivity contribution in [2.24, 2.45) is 4.99 Å². The van der Waals surface area contributed by atoms with Crippen molar-refractivity contribution in [1.29, 1.82) is 0 Å². The fraction of sp³-hybridized carbons (Fsp3) is 0.167. The maximum atomic E-state index is 14.3. The molecule has 5 rings (SSSR count). The summed E-state index contributed by atoms with van der Waals surface area (Å²) in [7, 11) is 0. The number of carbonyl (C=O) groups is 1. The number of allylic oxidation sites excluding steroid dienone is 1. The monoisotopic (exact) mass is 721 g/mol. The van der Waals surface area contributed by atoms with E-state index in [4.69, 9.17) is 21.1 Å². The average molecular weight is 723 g/mol. The second-order valence-electron chi connectivity index (χ2n) is 9.52. The molecule has 1 aromatic heterocycles. The van der Waals surface area contributed by atoms with Crippen molar-refractivity contribution >= 4 is 56.6 Å². The van der Waals surface area contributed by atoms with Crippen molar-refractivity contribution in [3.05, 3.63) is 134 Å². The predicted molar refractivity (Wildman–Crippen MR) is 164 cm³/mol. The normalized spacial score (nSPS) is 15.0. The summed E-state index contributed by atoms with van der Waals surface area (Å²) < 4.78 is 55.3. The molecule has 0 saturated carbocycles. The third-order valence-corrected chi connectivity index (χ3v) is 8.43. The Kier molecular flexibility index (Phi) is 9.28. The number of alkyl halides is 3. The number of halogens is 5. The van der Waals surface area contributed by atoms with E-state index in [0.717, 1.165) is 15.9 Å². The van der Waals surface area contributed by atoms with Crippen LogP contribution in [0.3, 0.4) is 0 Å². The lowest BCUT2D eigenvalue weighted by molar-refractivity contribution is -0.384. The summed E-state index contributed by atoms with van der Waals surface area (Å²) in [5.41, 5.74) is -1.50. The van der Waals surface area contributed by atoms with E-state index >= 15 is 0 Å². The molecule has 0 spiro atoms. The van der Waals surface area contributed by atoms with Crippen molar-refractivity contribution in [3.8, 4) is 5.75 Å². The first kappa shape index (κ1) is 32.1. The van der Waals surface area contributed by atoms with Gasteiger partial charge >= 0.3 is 12.1 Å². The summed E-state index contributed by atoms with van der Waals surface area (Å²) in [6, 6.07) is 15.1. The first-order valence-electron chi connectivity index (χ1n) is 13.1. The zero-order valence-electron chi connectivity index (χ0n) is 23.0. The number of rotatable bonds is 8. The highest BCUT2D eigenvalue weighted by Gasteiger charge is 2.45. The number of nitro groups is 1. The quantitative estimate of drug-likeness (QED) is 0.121. The number of hydrogen-bond donors (Lipinski definition) is 0. The molecule has 1 aliphatic heterocycles. The van der Waals surface area contributed by atoms with Crippen molar-refractivity contribution in [2.45, 2.75) is 25.7 Å². The van der Waals surface area contributed by atoms with E-state index in [1.807, 2.05) is 0 Å². The Bertz CT molecular complexity index is 2010. The molecule has 0 aliphatic carbocycles. The highest BCUT2D eigenvalue weighted by atomic mass is 79.9. The van der Waals surface area contributed by atoms with Gasteiger partial charge in [0.25, 0.3) is 11.2 Å². The molecule has 1 atom stereocenters. The Morgan fingerprint density at radius 2 is 1.84 bits per heavy atom. The molecular weight excluding hydrogens is 703 g/mol. The lowest BCUT2D eigenvalue weighted by Gasteiger charge is -2.26. The Morgan fingerprint density at radius 3 is 2.44 bits per heavy atom. The van der Waals surface area contributed by atoms with Gasteiger partial charge in [0.2, 0.25) is 0 Å². The number of ether oxygens (including phenoxy) is 2. The number of thiazole rings is 1. The Hall–Kier alpha value is -4.27.